The van der Waals surface area contributed by atoms with Crippen molar-refractivity contribution in [1.82, 2.24) is 10.3 Å². The van der Waals surface area contributed by atoms with Gasteiger partial charge in [-0.25, -0.2) is 0 Å². The highest BCUT2D eigenvalue weighted by Crippen LogP contribution is 2.33. The Bertz CT molecular complexity index is 1620. The van der Waals surface area contributed by atoms with Crippen LogP contribution in [0.5, 0.6) is 11.5 Å². The van der Waals surface area contributed by atoms with Crippen molar-refractivity contribution in [2.75, 3.05) is 25.5 Å². The molecule has 0 aliphatic heterocycles. The minimum absolute atomic E-state index is 0. The summed E-state index contributed by atoms with van der Waals surface area (Å²) in [7, 11) is 1.68. The molecule has 0 amide bonds. The highest BCUT2D eigenvalue weighted by Gasteiger charge is 2.14. The minimum Gasteiger partial charge on any atom is -0.506 e. The maximum Gasteiger partial charge on any atom is 0.248 e. The van der Waals surface area contributed by atoms with Crippen LogP contribution in [0.15, 0.2) is 102 Å². The molecule has 40 heavy (non-hydrogen) atoms. The minimum atomic E-state index is -0.782. The summed E-state index contributed by atoms with van der Waals surface area (Å²) in [6.07, 6.45) is 0.0213. The van der Waals surface area contributed by atoms with E-state index in [2.05, 4.69) is 58.1 Å². The average Bonchev–Trinajstić information content (AvgIpc) is 2.97. The topological polar surface area (TPSA) is 107 Å². The number of aromatic nitrogens is 1. The molecular formula is C32H32ClN3O4. The molecule has 4 aromatic carbocycles. The van der Waals surface area contributed by atoms with Gasteiger partial charge in [0, 0.05) is 34.9 Å². The summed E-state index contributed by atoms with van der Waals surface area (Å²) in [5.74, 6) is 0.807. The second-order valence-electron chi connectivity index (χ2n) is 9.36. The third-order valence-electron chi connectivity index (χ3n) is 6.72. The number of nitrogens with one attached hydrogen (secondary N) is 3. The molecule has 0 saturated carbocycles. The van der Waals surface area contributed by atoms with E-state index < -0.39 is 6.10 Å². The third-order valence-corrected chi connectivity index (χ3v) is 6.72. The highest BCUT2D eigenvalue weighted by atomic mass is 35.5. The molecule has 0 saturated heterocycles. The van der Waals surface area contributed by atoms with E-state index in [1.165, 1.54) is 17.7 Å². The van der Waals surface area contributed by atoms with Gasteiger partial charge in [-0.2, -0.15) is 0 Å². The number of fused-ring (bicyclic) bond motifs is 1. The summed E-state index contributed by atoms with van der Waals surface area (Å²) in [5, 5.41) is 28.2. The molecule has 1 aromatic heterocycles. The third kappa shape index (κ3) is 6.63. The molecule has 206 valence electrons. The van der Waals surface area contributed by atoms with Crippen molar-refractivity contribution in [1.29, 1.82) is 0 Å². The fourth-order valence-corrected chi connectivity index (χ4v) is 4.68. The molecule has 8 heteroatoms. The number of ether oxygens (including phenoxy) is 1. The molecule has 0 aliphatic rings. The number of benzene rings is 4. The van der Waals surface area contributed by atoms with Crippen molar-refractivity contribution in [3.8, 4) is 22.6 Å². The van der Waals surface area contributed by atoms with Crippen LogP contribution in [0.2, 0.25) is 0 Å². The SMILES string of the molecule is COc1ccc(Nc2ccc(CCNC[C@H](O)c3ccc(O)c4[nH]c(=O)ccc34)cc2)cc1-c1ccccc1.Cl. The van der Waals surface area contributed by atoms with Crippen LogP contribution >= 0.6 is 12.4 Å². The van der Waals surface area contributed by atoms with Crippen molar-refractivity contribution < 1.29 is 14.9 Å². The van der Waals surface area contributed by atoms with E-state index >= 15 is 0 Å². The molecule has 0 spiro atoms. The van der Waals surface area contributed by atoms with Gasteiger partial charge in [0.15, 0.2) is 0 Å². The van der Waals surface area contributed by atoms with Crippen LogP contribution in [-0.2, 0) is 6.42 Å². The van der Waals surface area contributed by atoms with Crippen molar-refractivity contribution in [2.45, 2.75) is 12.5 Å². The van der Waals surface area contributed by atoms with Gasteiger partial charge in [0.25, 0.3) is 0 Å². The molecule has 5 aromatic rings. The number of aliphatic hydroxyl groups is 1. The fraction of sp³-hybridized carbons (Fsp3) is 0.156. The lowest BCUT2D eigenvalue weighted by Gasteiger charge is -2.15. The second kappa shape index (κ2) is 13.2. The molecule has 0 radical (unpaired) electrons. The van der Waals surface area contributed by atoms with Gasteiger partial charge >= 0.3 is 0 Å². The van der Waals surface area contributed by atoms with Gasteiger partial charge in [0.2, 0.25) is 5.56 Å². The summed E-state index contributed by atoms with van der Waals surface area (Å²) >= 11 is 0. The van der Waals surface area contributed by atoms with Crippen molar-refractivity contribution in [3.63, 3.8) is 0 Å². The first-order chi connectivity index (χ1) is 19.0. The Labute approximate surface area is 238 Å². The quantitative estimate of drug-likeness (QED) is 0.136. The predicted molar refractivity (Wildman–Crippen MR) is 163 cm³/mol. The fourth-order valence-electron chi connectivity index (χ4n) is 4.68. The van der Waals surface area contributed by atoms with E-state index in [-0.39, 0.29) is 23.7 Å². The number of methoxy groups -OCH3 is 1. The molecular weight excluding hydrogens is 526 g/mol. The van der Waals surface area contributed by atoms with Crippen LogP contribution in [0.1, 0.15) is 17.2 Å². The van der Waals surface area contributed by atoms with E-state index in [9.17, 15) is 15.0 Å². The number of pyridine rings is 1. The standard InChI is InChI=1S/C32H31N3O4.ClH/c1-39-30-15-11-24(19-27(30)22-5-3-2-4-6-22)34-23-9-7-21(8-10-23)17-18-33-20-29(37)25-12-14-28(36)32-26(25)13-16-31(38)35-32;/h2-16,19,29,33-34,36-37H,17-18,20H2,1H3,(H,35,38);1H/t29-;/m0./s1. The number of hydrogen-bond donors (Lipinski definition) is 5. The summed E-state index contributed by atoms with van der Waals surface area (Å²) in [6, 6.07) is 30.7. The first-order valence-corrected chi connectivity index (χ1v) is 12.8. The summed E-state index contributed by atoms with van der Waals surface area (Å²) in [5.41, 5.74) is 5.95. The number of aromatic amines is 1. The van der Waals surface area contributed by atoms with Gasteiger partial charge in [-0.15, -0.1) is 12.4 Å². The number of aromatic hydroxyl groups is 1. The van der Waals surface area contributed by atoms with Gasteiger partial charge in [0.1, 0.15) is 11.5 Å². The Balaban J connectivity index is 0.00000370. The maximum absolute atomic E-state index is 11.6. The maximum atomic E-state index is 11.6. The molecule has 0 bridgehead atoms. The average molecular weight is 558 g/mol. The van der Waals surface area contributed by atoms with E-state index in [1.54, 1.807) is 19.2 Å². The van der Waals surface area contributed by atoms with E-state index in [4.69, 9.17) is 4.74 Å². The van der Waals surface area contributed by atoms with E-state index in [1.807, 2.05) is 30.3 Å². The molecule has 1 atom stereocenters. The lowest BCUT2D eigenvalue weighted by atomic mass is 10.0. The number of anilines is 2. The van der Waals surface area contributed by atoms with Gasteiger partial charge < -0.3 is 30.6 Å². The second-order valence-corrected chi connectivity index (χ2v) is 9.36. The number of hydrogen-bond acceptors (Lipinski definition) is 6. The summed E-state index contributed by atoms with van der Waals surface area (Å²) in [6.45, 7) is 1.04. The van der Waals surface area contributed by atoms with Crippen molar-refractivity contribution >= 4 is 34.7 Å². The van der Waals surface area contributed by atoms with Crippen molar-refractivity contribution in [3.05, 3.63) is 119 Å². The zero-order chi connectivity index (χ0) is 27.2. The molecule has 0 aliphatic carbocycles. The number of halogens is 1. The number of rotatable bonds is 10. The normalized spacial score (nSPS) is 11.6. The van der Waals surface area contributed by atoms with Crippen LogP contribution in [-0.4, -0.2) is 35.4 Å². The van der Waals surface area contributed by atoms with Crippen LogP contribution < -0.4 is 20.9 Å². The van der Waals surface area contributed by atoms with Crippen LogP contribution in [0.3, 0.4) is 0 Å². The van der Waals surface area contributed by atoms with Crippen molar-refractivity contribution in [2.24, 2.45) is 0 Å². The Hall–Kier alpha value is -4.30. The lowest BCUT2D eigenvalue weighted by molar-refractivity contribution is 0.176. The van der Waals surface area contributed by atoms with Crippen LogP contribution in [0.4, 0.5) is 11.4 Å². The van der Waals surface area contributed by atoms with Gasteiger partial charge in [-0.3, -0.25) is 4.79 Å². The number of phenols is 1. The molecule has 5 rings (SSSR count). The van der Waals surface area contributed by atoms with Crippen LogP contribution in [0, 0.1) is 0 Å². The molecule has 0 fully saturated rings. The highest BCUT2D eigenvalue weighted by molar-refractivity contribution is 5.87. The Morgan fingerprint density at radius 2 is 1.65 bits per heavy atom. The number of aliphatic hydroxyl groups excluding tert-OH is 1. The Kier molecular flexibility index (Phi) is 9.45. The van der Waals surface area contributed by atoms with Gasteiger partial charge in [-0.1, -0.05) is 48.5 Å². The molecule has 0 unspecified atom stereocenters. The van der Waals surface area contributed by atoms with Crippen LogP contribution in [0.25, 0.3) is 22.0 Å². The first kappa shape index (κ1) is 28.7. The molecule has 1 heterocycles. The number of phenolic OH excluding ortho intramolecular Hbond substituents is 1. The van der Waals surface area contributed by atoms with E-state index in [0.717, 1.165) is 34.7 Å². The predicted octanol–water partition coefficient (Wildman–Crippen LogP) is 5.94. The Morgan fingerprint density at radius 1 is 0.900 bits per heavy atom. The largest absolute Gasteiger partial charge is 0.506 e. The first-order valence-electron chi connectivity index (χ1n) is 12.8. The zero-order valence-corrected chi connectivity index (χ0v) is 22.9. The van der Waals surface area contributed by atoms with Gasteiger partial charge in [0.05, 0.1) is 18.7 Å². The number of H-pyrrole nitrogens is 1. The summed E-state index contributed by atoms with van der Waals surface area (Å²) in [4.78, 5) is 14.2. The molecule has 7 nitrogen and oxygen atoms in total. The molecule has 5 N–H and O–H groups in total. The monoisotopic (exact) mass is 557 g/mol. The lowest BCUT2D eigenvalue weighted by Crippen LogP contribution is -2.24. The van der Waals surface area contributed by atoms with Gasteiger partial charge in [-0.05, 0) is 72.1 Å². The van der Waals surface area contributed by atoms with E-state index in [0.29, 0.717) is 29.6 Å². The zero-order valence-electron chi connectivity index (χ0n) is 22.1. The Morgan fingerprint density at radius 3 is 2.40 bits per heavy atom. The smallest absolute Gasteiger partial charge is 0.248 e. The summed E-state index contributed by atoms with van der Waals surface area (Å²) < 4.78 is 5.56.